The van der Waals surface area contributed by atoms with Gasteiger partial charge in [0.2, 0.25) is 0 Å². The molecule has 1 fully saturated rings. The Morgan fingerprint density at radius 2 is 1.82 bits per heavy atom. The van der Waals surface area contributed by atoms with Gasteiger partial charge in [0.1, 0.15) is 5.58 Å². The lowest BCUT2D eigenvalue weighted by Gasteiger charge is -2.34. The lowest BCUT2D eigenvalue weighted by molar-refractivity contribution is -0.148. The molecule has 1 aliphatic rings. The molecule has 2 aromatic rings. The molecule has 118 valence electrons. The van der Waals surface area contributed by atoms with Gasteiger partial charge >= 0.3 is 6.18 Å². The molecule has 1 aromatic carbocycles. The zero-order valence-corrected chi connectivity index (χ0v) is 11.8. The molecule has 2 heterocycles. The molecule has 3 rings (SSSR count). The first-order valence-corrected chi connectivity index (χ1v) is 6.99. The van der Waals surface area contributed by atoms with E-state index in [4.69, 9.17) is 4.42 Å². The van der Waals surface area contributed by atoms with E-state index < -0.39 is 12.7 Å². The van der Waals surface area contributed by atoms with Crippen LogP contribution < -0.4 is 0 Å². The van der Waals surface area contributed by atoms with Crippen LogP contribution in [-0.4, -0.2) is 54.6 Å². The molecule has 0 saturated carbocycles. The van der Waals surface area contributed by atoms with Gasteiger partial charge < -0.3 is 9.32 Å². The summed E-state index contributed by atoms with van der Waals surface area (Å²) >= 11 is 0. The number of amides is 1. The number of piperazine rings is 1. The SMILES string of the molecule is O=C(c1cc2ccccc2o1)N1CCN(CC(F)(F)F)CC1. The van der Waals surface area contributed by atoms with Crippen LogP contribution in [0.15, 0.2) is 34.7 Å². The van der Waals surface area contributed by atoms with Gasteiger partial charge in [0.15, 0.2) is 5.76 Å². The third-order valence-electron chi connectivity index (χ3n) is 3.70. The first kappa shape index (κ1) is 14.9. The maximum Gasteiger partial charge on any atom is 0.401 e. The second-order valence-corrected chi connectivity index (χ2v) is 5.33. The van der Waals surface area contributed by atoms with Crippen molar-refractivity contribution >= 4 is 16.9 Å². The molecular formula is C15H15F3N2O2. The molecule has 0 unspecified atom stereocenters. The van der Waals surface area contributed by atoms with Crippen LogP contribution in [0, 0.1) is 0 Å². The summed E-state index contributed by atoms with van der Waals surface area (Å²) in [7, 11) is 0. The van der Waals surface area contributed by atoms with Gasteiger partial charge in [-0.05, 0) is 12.1 Å². The number of hydrogen-bond donors (Lipinski definition) is 0. The van der Waals surface area contributed by atoms with Crippen LogP contribution >= 0.6 is 0 Å². The van der Waals surface area contributed by atoms with Gasteiger partial charge in [-0.25, -0.2) is 0 Å². The Labute approximate surface area is 125 Å². The van der Waals surface area contributed by atoms with E-state index in [0.717, 1.165) is 5.39 Å². The molecule has 4 nitrogen and oxygen atoms in total. The van der Waals surface area contributed by atoms with Crippen LogP contribution in [0.4, 0.5) is 13.2 Å². The number of nitrogens with zero attached hydrogens (tertiary/aromatic N) is 2. The number of para-hydroxylation sites is 1. The summed E-state index contributed by atoms with van der Waals surface area (Å²) in [6.07, 6.45) is -4.20. The average molecular weight is 312 g/mol. The van der Waals surface area contributed by atoms with Crippen LogP contribution in [0.25, 0.3) is 11.0 Å². The van der Waals surface area contributed by atoms with E-state index in [9.17, 15) is 18.0 Å². The maximum absolute atomic E-state index is 12.4. The highest BCUT2D eigenvalue weighted by Gasteiger charge is 2.33. The van der Waals surface area contributed by atoms with Crippen molar-refractivity contribution in [1.29, 1.82) is 0 Å². The quantitative estimate of drug-likeness (QED) is 0.855. The minimum Gasteiger partial charge on any atom is -0.451 e. The molecule has 1 aromatic heterocycles. The Bertz CT molecular complexity index is 640. The lowest BCUT2D eigenvalue weighted by atomic mass is 10.2. The predicted molar refractivity (Wildman–Crippen MR) is 74.6 cm³/mol. The van der Waals surface area contributed by atoms with Gasteiger partial charge in [-0.3, -0.25) is 9.69 Å². The minimum absolute atomic E-state index is 0.214. The van der Waals surface area contributed by atoms with E-state index in [-0.39, 0.29) is 37.8 Å². The summed E-state index contributed by atoms with van der Waals surface area (Å²) in [5, 5.41) is 0.835. The van der Waals surface area contributed by atoms with Crippen LogP contribution in [0.3, 0.4) is 0 Å². The fourth-order valence-electron chi connectivity index (χ4n) is 2.61. The van der Waals surface area contributed by atoms with Crippen molar-refractivity contribution in [2.75, 3.05) is 32.7 Å². The van der Waals surface area contributed by atoms with Gasteiger partial charge in [0.05, 0.1) is 6.54 Å². The Morgan fingerprint density at radius 3 is 2.45 bits per heavy atom. The number of rotatable bonds is 2. The highest BCUT2D eigenvalue weighted by Crippen LogP contribution is 2.21. The fourth-order valence-corrected chi connectivity index (χ4v) is 2.61. The van der Waals surface area contributed by atoms with Crippen molar-refractivity contribution in [1.82, 2.24) is 9.80 Å². The average Bonchev–Trinajstić information content (AvgIpc) is 2.89. The second kappa shape index (κ2) is 5.64. The highest BCUT2D eigenvalue weighted by atomic mass is 19.4. The van der Waals surface area contributed by atoms with Crippen molar-refractivity contribution in [3.63, 3.8) is 0 Å². The number of halogens is 3. The molecule has 1 amide bonds. The molecule has 0 N–H and O–H groups in total. The highest BCUT2D eigenvalue weighted by molar-refractivity contribution is 5.96. The number of fused-ring (bicyclic) bond motifs is 1. The molecule has 7 heteroatoms. The molecule has 1 aliphatic heterocycles. The summed E-state index contributed by atoms with van der Waals surface area (Å²) in [5.74, 6) is -0.0478. The van der Waals surface area contributed by atoms with Gasteiger partial charge in [0.25, 0.3) is 5.91 Å². The summed E-state index contributed by atoms with van der Waals surface area (Å²) in [5.41, 5.74) is 0.626. The Hall–Kier alpha value is -2.02. The molecule has 0 atom stereocenters. The van der Waals surface area contributed by atoms with Crippen LogP contribution in [0.1, 0.15) is 10.6 Å². The summed E-state index contributed by atoms with van der Waals surface area (Å²) in [6, 6.07) is 8.95. The number of alkyl halides is 3. The molecule has 0 radical (unpaired) electrons. The number of carbonyl (C=O) groups excluding carboxylic acids is 1. The topological polar surface area (TPSA) is 36.7 Å². The number of hydrogen-bond acceptors (Lipinski definition) is 3. The molecule has 1 saturated heterocycles. The third-order valence-corrected chi connectivity index (χ3v) is 3.70. The maximum atomic E-state index is 12.4. The zero-order chi connectivity index (χ0) is 15.7. The Kier molecular flexibility index (Phi) is 3.82. The molecule has 0 spiro atoms. The lowest BCUT2D eigenvalue weighted by Crippen LogP contribution is -2.50. The minimum atomic E-state index is -4.20. The van der Waals surface area contributed by atoms with Crippen molar-refractivity contribution in [3.05, 3.63) is 36.1 Å². The van der Waals surface area contributed by atoms with Gasteiger partial charge in [-0.15, -0.1) is 0 Å². The molecular weight excluding hydrogens is 297 g/mol. The van der Waals surface area contributed by atoms with E-state index >= 15 is 0 Å². The largest absolute Gasteiger partial charge is 0.451 e. The molecule has 0 bridgehead atoms. The van der Waals surface area contributed by atoms with E-state index in [2.05, 4.69) is 0 Å². The molecule has 0 aliphatic carbocycles. The van der Waals surface area contributed by atoms with Crippen LogP contribution in [0.5, 0.6) is 0 Å². The Morgan fingerprint density at radius 1 is 1.14 bits per heavy atom. The van der Waals surface area contributed by atoms with Crippen molar-refractivity contribution in [2.24, 2.45) is 0 Å². The van der Waals surface area contributed by atoms with Gasteiger partial charge in [0, 0.05) is 31.6 Å². The summed E-state index contributed by atoms with van der Waals surface area (Å²) < 4.78 is 42.5. The predicted octanol–water partition coefficient (Wildman–Crippen LogP) is 2.75. The van der Waals surface area contributed by atoms with Crippen molar-refractivity contribution in [3.8, 4) is 0 Å². The number of carbonyl (C=O) groups is 1. The van der Waals surface area contributed by atoms with E-state index in [1.165, 1.54) is 9.80 Å². The summed E-state index contributed by atoms with van der Waals surface area (Å²) in [4.78, 5) is 15.2. The van der Waals surface area contributed by atoms with Gasteiger partial charge in [-0.2, -0.15) is 13.2 Å². The summed E-state index contributed by atoms with van der Waals surface area (Å²) in [6.45, 7) is 0.0363. The normalized spacial score (nSPS) is 17.1. The van der Waals surface area contributed by atoms with Gasteiger partial charge in [-0.1, -0.05) is 18.2 Å². The van der Waals surface area contributed by atoms with E-state index in [1.807, 2.05) is 18.2 Å². The number of benzene rings is 1. The Balaban J connectivity index is 1.64. The van der Waals surface area contributed by atoms with E-state index in [1.54, 1.807) is 12.1 Å². The van der Waals surface area contributed by atoms with Crippen LogP contribution in [0.2, 0.25) is 0 Å². The van der Waals surface area contributed by atoms with E-state index in [0.29, 0.717) is 5.58 Å². The number of furan rings is 1. The third kappa shape index (κ3) is 3.24. The van der Waals surface area contributed by atoms with Crippen molar-refractivity contribution < 1.29 is 22.4 Å². The smallest absolute Gasteiger partial charge is 0.401 e. The monoisotopic (exact) mass is 312 g/mol. The standard InChI is InChI=1S/C15H15F3N2O2/c16-15(17,18)10-19-5-7-20(8-6-19)14(21)13-9-11-3-1-2-4-12(11)22-13/h1-4,9H,5-8,10H2. The molecule has 22 heavy (non-hydrogen) atoms. The van der Waals surface area contributed by atoms with Crippen molar-refractivity contribution in [2.45, 2.75) is 6.18 Å². The first-order chi connectivity index (χ1) is 10.4. The second-order valence-electron chi connectivity index (χ2n) is 5.33. The zero-order valence-electron chi connectivity index (χ0n) is 11.8. The fraction of sp³-hybridized carbons (Fsp3) is 0.400. The van der Waals surface area contributed by atoms with Crippen LogP contribution in [-0.2, 0) is 0 Å². The first-order valence-electron chi connectivity index (χ1n) is 6.99.